The quantitative estimate of drug-likeness (QED) is 0.800. The molecule has 0 bridgehead atoms. The van der Waals surface area contributed by atoms with E-state index in [1.807, 2.05) is 19.0 Å². The van der Waals surface area contributed by atoms with Gasteiger partial charge in [0.2, 0.25) is 0 Å². The monoisotopic (exact) mass is 241 g/mol. The van der Waals surface area contributed by atoms with Crippen molar-refractivity contribution in [1.29, 1.82) is 0 Å². The third-order valence-corrected chi connectivity index (χ3v) is 3.07. The molecule has 1 saturated heterocycles. The molecule has 1 N–H and O–H groups in total. The summed E-state index contributed by atoms with van der Waals surface area (Å²) < 4.78 is 0. The minimum atomic E-state index is 0.138. The van der Waals surface area contributed by atoms with Crippen molar-refractivity contribution < 1.29 is 4.79 Å². The molecule has 17 heavy (non-hydrogen) atoms. The first-order valence-corrected chi connectivity index (χ1v) is 6.49. The zero-order chi connectivity index (χ0) is 13.1. The van der Waals surface area contributed by atoms with E-state index in [1.54, 1.807) is 4.90 Å². The van der Waals surface area contributed by atoms with Gasteiger partial charge < -0.3 is 15.1 Å². The third-order valence-electron chi connectivity index (χ3n) is 3.07. The number of nitrogens with zero attached hydrogens (tertiary/aromatic N) is 2. The van der Waals surface area contributed by atoms with E-state index in [0.717, 1.165) is 32.5 Å². The second-order valence-electron chi connectivity index (χ2n) is 6.38. The van der Waals surface area contributed by atoms with Crippen molar-refractivity contribution in [3.05, 3.63) is 0 Å². The highest BCUT2D eigenvalue weighted by molar-refractivity contribution is 5.73. The fraction of sp³-hybridized carbons (Fsp3) is 0.923. The molecule has 0 aliphatic carbocycles. The Bertz CT molecular complexity index is 250. The number of amides is 2. The molecule has 1 rings (SSSR count). The van der Waals surface area contributed by atoms with Crippen molar-refractivity contribution in [2.75, 3.05) is 33.7 Å². The van der Waals surface area contributed by atoms with Crippen LogP contribution in [0, 0.1) is 5.41 Å². The number of urea groups is 1. The average molecular weight is 241 g/mol. The molecule has 0 unspecified atom stereocenters. The van der Waals surface area contributed by atoms with Crippen LogP contribution in [0.4, 0.5) is 4.79 Å². The van der Waals surface area contributed by atoms with Gasteiger partial charge in [0.05, 0.1) is 0 Å². The van der Waals surface area contributed by atoms with E-state index in [-0.39, 0.29) is 6.03 Å². The normalized spacial score (nSPS) is 18.3. The topological polar surface area (TPSA) is 35.6 Å². The summed E-state index contributed by atoms with van der Waals surface area (Å²) in [6, 6.07) is 0.708. The number of carbonyl (C=O) groups is 1. The van der Waals surface area contributed by atoms with Crippen LogP contribution in [0.15, 0.2) is 0 Å². The van der Waals surface area contributed by atoms with Crippen molar-refractivity contribution in [2.45, 2.75) is 39.7 Å². The Kier molecular flexibility index (Phi) is 4.80. The summed E-state index contributed by atoms with van der Waals surface area (Å²) in [5.41, 5.74) is 0.330. The van der Waals surface area contributed by atoms with Crippen LogP contribution in [-0.2, 0) is 0 Å². The molecule has 1 fully saturated rings. The molecule has 100 valence electrons. The van der Waals surface area contributed by atoms with Gasteiger partial charge in [0, 0.05) is 39.8 Å². The van der Waals surface area contributed by atoms with Gasteiger partial charge in [0.25, 0.3) is 0 Å². The summed E-state index contributed by atoms with van der Waals surface area (Å²) >= 11 is 0. The minimum Gasteiger partial charge on any atom is -0.331 e. The SMILES string of the molecule is CN(C)C(=O)N1CCC(NCC(C)(C)C)CC1. The molecule has 1 heterocycles. The Hall–Kier alpha value is -0.770. The van der Waals surface area contributed by atoms with Crippen LogP contribution in [-0.4, -0.2) is 55.6 Å². The highest BCUT2D eigenvalue weighted by atomic mass is 16.2. The predicted molar refractivity (Wildman–Crippen MR) is 71.1 cm³/mol. The predicted octanol–water partition coefficient (Wildman–Crippen LogP) is 1.77. The lowest BCUT2D eigenvalue weighted by molar-refractivity contribution is 0.150. The second-order valence-corrected chi connectivity index (χ2v) is 6.38. The van der Waals surface area contributed by atoms with Crippen LogP contribution < -0.4 is 5.32 Å². The van der Waals surface area contributed by atoms with Gasteiger partial charge in [-0.25, -0.2) is 4.79 Å². The smallest absolute Gasteiger partial charge is 0.319 e. The van der Waals surface area contributed by atoms with Crippen molar-refractivity contribution in [2.24, 2.45) is 5.41 Å². The first kappa shape index (κ1) is 14.3. The van der Waals surface area contributed by atoms with Crippen LogP contribution in [0.5, 0.6) is 0 Å². The van der Waals surface area contributed by atoms with Gasteiger partial charge in [-0.1, -0.05) is 20.8 Å². The van der Waals surface area contributed by atoms with Gasteiger partial charge in [-0.15, -0.1) is 0 Å². The van der Waals surface area contributed by atoms with E-state index in [2.05, 4.69) is 26.1 Å². The van der Waals surface area contributed by atoms with Crippen LogP contribution in [0.3, 0.4) is 0 Å². The van der Waals surface area contributed by atoms with Gasteiger partial charge in [-0.05, 0) is 18.3 Å². The van der Waals surface area contributed by atoms with E-state index in [0.29, 0.717) is 11.5 Å². The van der Waals surface area contributed by atoms with E-state index in [1.165, 1.54) is 0 Å². The van der Waals surface area contributed by atoms with E-state index in [4.69, 9.17) is 0 Å². The van der Waals surface area contributed by atoms with Crippen LogP contribution >= 0.6 is 0 Å². The molecule has 1 aliphatic rings. The maximum atomic E-state index is 11.8. The maximum Gasteiger partial charge on any atom is 0.319 e. The third kappa shape index (κ3) is 4.94. The molecule has 0 radical (unpaired) electrons. The number of piperidine rings is 1. The molecule has 2 amide bonds. The first-order valence-electron chi connectivity index (χ1n) is 6.49. The molecule has 0 saturated carbocycles. The molecular weight excluding hydrogens is 214 g/mol. The van der Waals surface area contributed by atoms with E-state index < -0.39 is 0 Å². The highest BCUT2D eigenvalue weighted by Gasteiger charge is 2.24. The van der Waals surface area contributed by atoms with E-state index in [9.17, 15) is 4.79 Å². The number of hydrogen-bond donors (Lipinski definition) is 1. The summed E-state index contributed by atoms with van der Waals surface area (Å²) in [7, 11) is 3.62. The van der Waals surface area contributed by atoms with Crippen molar-refractivity contribution in [3.8, 4) is 0 Å². The van der Waals surface area contributed by atoms with Gasteiger partial charge in [0.15, 0.2) is 0 Å². The highest BCUT2D eigenvalue weighted by Crippen LogP contribution is 2.15. The van der Waals surface area contributed by atoms with Crippen LogP contribution in [0.1, 0.15) is 33.6 Å². The Morgan fingerprint density at radius 1 is 1.29 bits per heavy atom. The number of nitrogens with one attached hydrogen (secondary N) is 1. The Balaban J connectivity index is 2.29. The Morgan fingerprint density at radius 2 is 1.82 bits per heavy atom. The largest absolute Gasteiger partial charge is 0.331 e. The van der Waals surface area contributed by atoms with Crippen molar-refractivity contribution in [3.63, 3.8) is 0 Å². The zero-order valence-electron chi connectivity index (χ0n) is 11.9. The molecular formula is C13H27N3O. The first-order chi connectivity index (χ1) is 7.79. The molecule has 4 heteroatoms. The lowest BCUT2D eigenvalue weighted by atomic mass is 9.95. The van der Waals surface area contributed by atoms with Crippen LogP contribution in [0.2, 0.25) is 0 Å². The molecule has 0 atom stereocenters. The number of likely N-dealkylation sites (tertiary alicyclic amines) is 1. The van der Waals surface area contributed by atoms with Gasteiger partial charge in [0.1, 0.15) is 0 Å². The van der Waals surface area contributed by atoms with Gasteiger partial charge >= 0.3 is 6.03 Å². The number of carbonyl (C=O) groups excluding carboxylic acids is 1. The summed E-state index contributed by atoms with van der Waals surface area (Å²) in [5.74, 6) is 0. The summed E-state index contributed by atoms with van der Waals surface area (Å²) in [6.07, 6.45) is 2.13. The lowest BCUT2D eigenvalue weighted by Gasteiger charge is -2.35. The summed E-state index contributed by atoms with van der Waals surface area (Å²) in [6.45, 7) is 9.51. The fourth-order valence-corrected chi connectivity index (χ4v) is 2.01. The average Bonchev–Trinajstić information content (AvgIpc) is 2.25. The van der Waals surface area contributed by atoms with E-state index >= 15 is 0 Å². The maximum absolute atomic E-state index is 11.8. The molecule has 0 spiro atoms. The summed E-state index contributed by atoms with van der Waals surface area (Å²) in [4.78, 5) is 15.3. The van der Waals surface area contributed by atoms with Crippen LogP contribution in [0.25, 0.3) is 0 Å². The van der Waals surface area contributed by atoms with Gasteiger partial charge in [-0.2, -0.15) is 0 Å². The molecule has 4 nitrogen and oxygen atoms in total. The molecule has 0 aromatic heterocycles. The number of rotatable bonds is 2. The minimum absolute atomic E-state index is 0.138. The number of hydrogen-bond acceptors (Lipinski definition) is 2. The van der Waals surface area contributed by atoms with Crippen molar-refractivity contribution in [1.82, 2.24) is 15.1 Å². The van der Waals surface area contributed by atoms with Gasteiger partial charge in [-0.3, -0.25) is 0 Å². The summed E-state index contributed by atoms with van der Waals surface area (Å²) in [5, 5.41) is 3.60. The Morgan fingerprint density at radius 3 is 2.24 bits per heavy atom. The zero-order valence-corrected chi connectivity index (χ0v) is 11.9. The van der Waals surface area contributed by atoms with Crippen molar-refractivity contribution >= 4 is 6.03 Å². The molecule has 1 aliphatic heterocycles. The standard InChI is InChI=1S/C13H27N3O/c1-13(2,3)10-14-11-6-8-16(9-7-11)12(17)15(4)5/h11,14H,6-10H2,1-5H3. The Labute approximate surface area is 105 Å². The second kappa shape index (κ2) is 5.71. The molecule has 0 aromatic rings. The fourth-order valence-electron chi connectivity index (χ4n) is 2.01. The lowest BCUT2D eigenvalue weighted by Crippen LogP contribution is -2.49. The molecule has 0 aromatic carbocycles.